The van der Waals surface area contributed by atoms with Crippen LogP contribution in [0.5, 0.6) is 0 Å². The maximum absolute atomic E-state index is 5.22. The molecule has 0 saturated carbocycles. The van der Waals surface area contributed by atoms with Crippen molar-refractivity contribution >= 4 is 0 Å². The highest BCUT2D eigenvalue weighted by atomic mass is 16.5. The van der Waals surface area contributed by atoms with Crippen LogP contribution in [-0.4, -0.2) is 61.3 Å². The van der Waals surface area contributed by atoms with Crippen molar-refractivity contribution < 1.29 is 4.74 Å². The van der Waals surface area contributed by atoms with Gasteiger partial charge in [-0.15, -0.1) is 0 Å². The van der Waals surface area contributed by atoms with E-state index in [1.54, 1.807) is 0 Å². The zero-order valence-corrected chi connectivity index (χ0v) is 9.20. The Kier molecular flexibility index (Phi) is 1.92. The van der Waals surface area contributed by atoms with Gasteiger partial charge < -0.3 is 4.74 Å². The highest BCUT2D eigenvalue weighted by Gasteiger charge is 2.54. The largest absolute Gasteiger partial charge is 0.378 e. The van der Waals surface area contributed by atoms with Gasteiger partial charge in [-0.3, -0.25) is 9.80 Å². The van der Waals surface area contributed by atoms with Crippen LogP contribution in [0.2, 0.25) is 0 Å². The van der Waals surface area contributed by atoms with Crippen LogP contribution in [-0.2, 0) is 4.74 Å². The highest BCUT2D eigenvalue weighted by molar-refractivity contribution is 5.08. The summed E-state index contributed by atoms with van der Waals surface area (Å²) in [5.41, 5.74) is 0.680. The van der Waals surface area contributed by atoms with Crippen molar-refractivity contribution in [3.05, 3.63) is 0 Å². The number of nitrogens with zero attached hydrogens (tertiary/aromatic N) is 2. The van der Waals surface area contributed by atoms with Gasteiger partial charge in [0, 0.05) is 37.6 Å². The third-order valence-corrected chi connectivity index (χ3v) is 4.02. The van der Waals surface area contributed by atoms with E-state index in [-0.39, 0.29) is 0 Å². The minimum absolute atomic E-state index is 0.680. The Morgan fingerprint density at radius 1 is 1.14 bits per heavy atom. The van der Waals surface area contributed by atoms with Gasteiger partial charge in [0.1, 0.15) is 0 Å². The molecule has 80 valence electrons. The van der Waals surface area contributed by atoms with Crippen LogP contribution < -0.4 is 0 Å². The molecule has 0 aromatic rings. The number of rotatable bonds is 2. The number of ether oxygens (including phenoxy) is 1. The van der Waals surface area contributed by atoms with E-state index in [1.165, 1.54) is 26.2 Å². The summed E-state index contributed by atoms with van der Waals surface area (Å²) in [5.74, 6) is 0. The first-order valence-electron chi connectivity index (χ1n) is 5.74. The van der Waals surface area contributed by atoms with Gasteiger partial charge in [0.05, 0.1) is 19.3 Å². The molecule has 0 unspecified atom stereocenters. The second-order valence-electron chi connectivity index (χ2n) is 5.59. The first-order chi connectivity index (χ1) is 6.69. The Morgan fingerprint density at radius 2 is 1.79 bits per heavy atom. The first-order valence-corrected chi connectivity index (χ1v) is 5.74. The van der Waals surface area contributed by atoms with Crippen molar-refractivity contribution in [3.63, 3.8) is 0 Å². The van der Waals surface area contributed by atoms with Crippen molar-refractivity contribution in [2.24, 2.45) is 5.41 Å². The molecule has 3 fully saturated rings. The van der Waals surface area contributed by atoms with Gasteiger partial charge in [0.25, 0.3) is 0 Å². The molecule has 3 aliphatic rings. The molecule has 0 aromatic heterocycles. The van der Waals surface area contributed by atoms with E-state index in [1.807, 2.05) is 0 Å². The van der Waals surface area contributed by atoms with Gasteiger partial charge in [-0.25, -0.2) is 0 Å². The zero-order valence-electron chi connectivity index (χ0n) is 9.20. The average molecular weight is 196 g/mol. The van der Waals surface area contributed by atoms with Crippen LogP contribution in [0.3, 0.4) is 0 Å². The smallest absolute Gasteiger partial charge is 0.0645 e. The Balaban J connectivity index is 1.46. The van der Waals surface area contributed by atoms with E-state index in [0.717, 1.165) is 25.3 Å². The molecule has 3 rings (SSSR count). The second kappa shape index (κ2) is 2.94. The quantitative estimate of drug-likeness (QED) is 0.636. The summed E-state index contributed by atoms with van der Waals surface area (Å²) in [6.45, 7) is 11.8. The molecule has 3 aliphatic heterocycles. The van der Waals surface area contributed by atoms with Crippen LogP contribution in [0.1, 0.15) is 13.8 Å². The number of likely N-dealkylation sites (tertiary alicyclic amines) is 2. The molecule has 0 aromatic carbocycles. The molecule has 0 N–H and O–H groups in total. The molecule has 0 aliphatic carbocycles. The summed E-state index contributed by atoms with van der Waals surface area (Å²) in [4.78, 5) is 5.18. The maximum Gasteiger partial charge on any atom is 0.0645 e. The minimum atomic E-state index is 0.680. The van der Waals surface area contributed by atoms with Crippen molar-refractivity contribution in [2.75, 3.05) is 39.4 Å². The Labute approximate surface area is 86.0 Å². The zero-order chi connectivity index (χ0) is 9.76. The first kappa shape index (κ1) is 9.13. The lowest BCUT2D eigenvalue weighted by molar-refractivity contribution is -0.180. The van der Waals surface area contributed by atoms with Crippen LogP contribution in [0.4, 0.5) is 0 Å². The summed E-state index contributed by atoms with van der Waals surface area (Å²) in [6.07, 6.45) is 0. The van der Waals surface area contributed by atoms with E-state index in [0.29, 0.717) is 5.41 Å². The standard InChI is InChI=1S/C11H20N2O/c1-9(2)12-5-11(6-12)7-13(8-11)10-3-14-4-10/h9-10H,3-8H2,1-2H3. The van der Waals surface area contributed by atoms with E-state index in [2.05, 4.69) is 23.6 Å². The van der Waals surface area contributed by atoms with Crippen LogP contribution in [0.15, 0.2) is 0 Å². The molecule has 14 heavy (non-hydrogen) atoms. The normalized spacial score (nSPS) is 32.8. The van der Waals surface area contributed by atoms with Crippen molar-refractivity contribution in [1.82, 2.24) is 9.80 Å². The monoisotopic (exact) mass is 196 g/mol. The molecule has 3 heterocycles. The molecular weight excluding hydrogens is 176 g/mol. The average Bonchev–Trinajstić information content (AvgIpc) is 1.85. The lowest BCUT2D eigenvalue weighted by Gasteiger charge is -2.63. The fraction of sp³-hybridized carbons (Fsp3) is 1.00. The van der Waals surface area contributed by atoms with Crippen molar-refractivity contribution in [3.8, 4) is 0 Å². The summed E-state index contributed by atoms with van der Waals surface area (Å²) in [7, 11) is 0. The highest BCUT2D eigenvalue weighted by Crippen LogP contribution is 2.42. The SMILES string of the molecule is CC(C)N1CC2(C1)CN(C1COC1)C2. The van der Waals surface area contributed by atoms with Crippen LogP contribution in [0, 0.1) is 5.41 Å². The van der Waals surface area contributed by atoms with Crippen molar-refractivity contribution in [1.29, 1.82) is 0 Å². The molecular formula is C11H20N2O. The van der Waals surface area contributed by atoms with Crippen molar-refractivity contribution in [2.45, 2.75) is 25.9 Å². The van der Waals surface area contributed by atoms with E-state index >= 15 is 0 Å². The van der Waals surface area contributed by atoms with Gasteiger partial charge in [0.15, 0.2) is 0 Å². The van der Waals surface area contributed by atoms with Gasteiger partial charge in [-0.2, -0.15) is 0 Å². The molecule has 3 nitrogen and oxygen atoms in total. The summed E-state index contributed by atoms with van der Waals surface area (Å²) < 4.78 is 5.22. The van der Waals surface area contributed by atoms with Gasteiger partial charge >= 0.3 is 0 Å². The fourth-order valence-electron chi connectivity index (χ4n) is 2.89. The van der Waals surface area contributed by atoms with Gasteiger partial charge in [0.2, 0.25) is 0 Å². The third kappa shape index (κ3) is 1.23. The Hall–Kier alpha value is -0.120. The second-order valence-corrected chi connectivity index (χ2v) is 5.59. The predicted octanol–water partition coefficient (Wildman–Crippen LogP) is 0.411. The molecule has 0 atom stereocenters. The number of hydrogen-bond donors (Lipinski definition) is 0. The van der Waals surface area contributed by atoms with Gasteiger partial charge in [-0.1, -0.05) is 0 Å². The van der Waals surface area contributed by atoms with E-state index in [9.17, 15) is 0 Å². The fourth-order valence-corrected chi connectivity index (χ4v) is 2.89. The molecule has 0 amide bonds. The molecule has 1 spiro atoms. The van der Waals surface area contributed by atoms with Crippen LogP contribution in [0.25, 0.3) is 0 Å². The van der Waals surface area contributed by atoms with E-state index in [4.69, 9.17) is 4.74 Å². The summed E-state index contributed by atoms with van der Waals surface area (Å²) >= 11 is 0. The predicted molar refractivity (Wildman–Crippen MR) is 55.3 cm³/mol. The Bertz CT molecular complexity index is 223. The topological polar surface area (TPSA) is 15.7 Å². The third-order valence-electron chi connectivity index (χ3n) is 4.02. The Morgan fingerprint density at radius 3 is 2.21 bits per heavy atom. The summed E-state index contributed by atoms with van der Waals surface area (Å²) in [5, 5.41) is 0. The minimum Gasteiger partial charge on any atom is -0.378 e. The molecule has 0 radical (unpaired) electrons. The summed E-state index contributed by atoms with van der Waals surface area (Å²) in [6, 6.07) is 1.50. The molecule has 3 heteroatoms. The molecule has 3 saturated heterocycles. The maximum atomic E-state index is 5.22. The molecule has 0 bridgehead atoms. The lowest BCUT2D eigenvalue weighted by atomic mass is 9.71. The van der Waals surface area contributed by atoms with E-state index < -0.39 is 0 Å². The number of hydrogen-bond acceptors (Lipinski definition) is 3. The van der Waals surface area contributed by atoms with Gasteiger partial charge in [-0.05, 0) is 13.8 Å². The lowest BCUT2D eigenvalue weighted by Crippen LogP contribution is -2.75. The van der Waals surface area contributed by atoms with Crippen LogP contribution >= 0.6 is 0 Å².